The number of H-pyrrole nitrogens is 1. The van der Waals surface area contributed by atoms with Gasteiger partial charge in [0.25, 0.3) is 5.91 Å². The Morgan fingerprint density at radius 3 is 2.48 bits per heavy atom. The van der Waals surface area contributed by atoms with Crippen molar-refractivity contribution in [2.24, 2.45) is 0 Å². The Hall–Kier alpha value is -1.74. The summed E-state index contributed by atoms with van der Waals surface area (Å²) in [5.74, 6) is 0.00734. The summed E-state index contributed by atoms with van der Waals surface area (Å²) >= 11 is 14.1. The molecule has 7 nitrogen and oxygen atoms in total. The molecule has 2 aromatic heterocycles. The van der Waals surface area contributed by atoms with Gasteiger partial charge in [0.15, 0.2) is 5.13 Å². The van der Waals surface area contributed by atoms with Crippen molar-refractivity contribution < 1.29 is 9.53 Å². The number of piperidine rings is 1. The number of aromatic nitrogens is 2. The zero-order valence-electron chi connectivity index (χ0n) is 17.8. The zero-order chi connectivity index (χ0) is 22.1. The molecule has 2 fully saturated rings. The normalized spacial score (nSPS) is 17.8. The first-order valence-electron chi connectivity index (χ1n) is 10.4. The van der Waals surface area contributed by atoms with Crippen LogP contribution < -0.4 is 10.2 Å². The van der Waals surface area contributed by atoms with Crippen molar-refractivity contribution in [1.29, 1.82) is 0 Å². The van der Waals surface area contributed by atoms with Crippen LogP contribution in [0.1, 0.15) is 39.6 Å². The van der Waals surface area contributed by atoms with E-state index in [1.54, 1.807) is 11.3 Å². The molecule has 2 aliphatic heterocycles. The summed E-state index contributed by atoms with van der Waals surface area (Å²) in [6, 6.07) is 0.290. The highest BCUT2D eigenvalue weighted by Gasteiger charge is 2.27. The summed E-state index contributed by atoms with van der Waals surface area (Å²) in [4.78, 5) is 25.8. The molecule has 2 aliphatic rings. The second-order valence-electron chi connectivity index (χ2n) is 7.94. The van der Waals surface area contributed by atoms with Gasteiger partial charge in [-0.15, -0.1) is 11.3 Å². The number of rotatable bonds is 5. The topological polar surface area (TPSA) is 73.5 Å². The minimum atomic E-state index is 0.00734. The second-order valence-corrected chi connectivity index (χ2v) is 9.88. The van der Waals surface area contributed by atoms with Gasteiger partial charge in [-0.3, -0.25) is 4.79 Å². The SMILES string of the molecule is C=C(NC1CCN(c2nc(C(=O)N3CCOCC3)c(C)s2)CC1)c1[nH]c(C)c(Cl)c1Cl. The average Bonchev–Trinajstić information content (AvgIpc) is 3.29. The van der Waals surface area contributed by atoms with E-state index in [0.717, 1.165) is 53.0 Å². The van der Waals surface area contributed by atoms with Gasteiger partial charge in [-0.25, -0.2) is 4.98 Å². The van der Waals surface area contributed by atoms with Crippen molar-refractivity contribution in [2.75, 3.05) is 44.3 Å². The van der Waals surface area contributed by atoms with Crippen LogP contribution in [0.15, 0.2) is 6.58 Å². The summed E-state index contributed by atoms with van der Waals surface area (Å²) in [7, 11) is 0. The Morgan fingerprint density at radius 2 is 1.87 bits per heavy atom. The Labute approximate surface area is 196 Å². The van der Waals surface area contributed by atoms with Gasteiger partial charge in [-0.2, -0.15) is 0 Å². The molecule has 1 amide bonds. The minimum Gasteiger partial charge on any atom is -0.381 e. The highest BCUT2D eigenvalue weighted by atomic mass is 35.5. The molecule has 0 unspecified atom stereocenters. The van der Waals surface area contributed by atoms with E-state index in [1.165, 1.54) is 0 Å². The van der Waals surface area contributed by atoms with Crippen molar-refractivity contribution in [1.82, 2.24) is 20.2 Å². The number of nitrogens with one attached hydrogen (secondary N) is 2. The maximum Gasteiger partial charge on any atom is 0.273 e. The zero-order valence-corrected chi connectivity index (χ0v) is 20.1. The summed E-state index contributed by atoms with van der Waals surface area (Å²) in [6.07, 6.45) is 1.88. The number of anilines is 1. The van der Waals surface area contributed by atoms with Crippen molar-refractivity contribution >= 4 is 51.3 Å². The molecule has 0 atom stereocenters. The Bertz CT molecular complexity index is 975. The van der Waals surface area contributed by atoms with Gasteiger partial charge in [-0.05, 0) is 26.7 Å². The number of nitrogens with zero attached hydrogens (tertiary/aromatic N) is 3. The first-order chi connectivity index (χ1) is 14.8. The molecule has 2 aromatic rings. The average molecular weight is 484 g/mol. The number of carbonyl (C=O) groups is 1. The number of aryl methyl sites for hydroxylation is 2. The van der Waals surface area contributed by atoms with Crippen molar-refractivity contribution in [2.45, 2.75) is 32.7 Å². The summed E-state index contributed by atoms with van der Waals surface area (Å²) < 4.78 is 5.35. The number of hydrogen-bond donors (Lipinski definition) is 2. The predicted molar refractivity (Wildman–Crippen MR) is 127 cm³/mol. The van der Waals surface area contributed by atoms with Crippen molar-refractivity contribution in [3.63, 3.8) is 0 Å². The van der Waals surface area contributed by atoms with Gasteiger partial charge >= 0.3 is 0 Å². The van der Waals surface area contributed by atoms with E-state index in [4.69, 9.17) is 32.9 Å². The highest BCUT2D eigenvalue weighted by Crippen LogP contribution is 2.33. The molecule has 0 aliphatic carbocycles. The smallest absolute Gasteiger partial charge is 0.273 e. The van der Waals surface area contributed by atoms with E-state index in [9.17, 15) is 4.79 Å². The first-order valence-corrected chi connectivity index (χ1v) is 12.0. The Balaban J connectivity index is 1.35. The van der Waals surface area contributed by atoms with Gasteiger partial charge in [0.1, 0.15) is 5.69 Å². The lowest BCUT2D eigenvalue weighted by molar-refractivity contribution is 0.0299. The number of aromatic amines is 1. The fourth-order valence-electron chi connectivity index (χ4n) is 3.95. The lowest BCUT2D eigenvalue weighted by Gasteiger charge is -2.33. The molecule has 4 rings (SSSR count). The van der Waals surface area contributed by atoms with Crippen LogP contribution in [0, 0.1) is 13.8 Å². The molecule has 0 radical (unpaired) electrons. The quantitative estimate of drug-likeness (QED) is 0.669. The number of halogens is 2. The highest BCUT2D eigenvalue weighted by molar-refractivity contribution is 7.15. The lowest BCUT2D eigenvalue weighted by atomic mass is 10.0. The van der Waals surface area contributed by atoms with E-state index in [2.05, 4.69) is 21.8 Å². The van der Waals surface area contributed by atoms with Crippen LogP contribution >= 0.6 is 34.5 Å². The van der Waals surface area contributed by atoms with E-state index in [0.29, 0.717) is 42.0 Å². The van der Waals surface area contributed by atoms with Crippen LogP contribution in [0.2, 0.25) is 10.0 Å². The van der Waals surface area contributed by atoms with E-state index >= 15 is 0 Å². The molecule has 31 heavy (non-hydrogen) atoms. The minimum absolute atomic E-state index is 0.00734. The van der Waals surface area contributed by atoms with E-state index in [1.807, 2.05) is 18.7 Å². The third kappa shape index (κ3) is 4.72. The number of amides is 1. The van der Waals surface area contributed by atoms with Gasteiger partial charge in [0.05, 0.1) is 34.6 Å². The largest absolute Gasteiger partial charge is 0.381 e. The van der Waals surface area contributed by atoms with Crippen LogP contribution in [0.5, 0.6) is 0 Å². The number of hydrogen-bond acceptors (Lipinski definition) is 6. The van der Waals surface area contributed by atoms with Crippen LogP contribution in [0.3, 0.4) is 0 Å². The molecule has 2 saturated heterocycles. The van der Waals surface area contributed by atoms with Gasteiger partial charge in [-0.1, -0.05) is 29.8 Å². The fourth-order valence-corrected chi connectivity index (χ4v) is 5.34. The molecule has 10 heteroatoms. The monoisotopic (exact) mass is 483 g/mol. The third-order valence-electron chi connectivity index (χ3n) is 5.79. The summed E-state index contributed by atoms with van der Waals surface area (Å²) in [5, 5.41) is 5.44. The van der Waals surface area contributed by atoms with Crippen LogP contribution in [-0.2, 0) is 4.74 Å². The van der Waals surface area contributed by atoms with Crippen LogP contribution in [-0.4, -0.2) is 66.2 Å². The molecule has 4 heterocycles. The van der Waals surface area contributed by atoms with E-state index in [-0.39, 0.29) is 11.9 Å². The van der Waals surface area contributed by atoms with Gasteiger partial charge in [0, 0.05) is 42.8 Å². The summed E-state index contributed by atoms with van der Waals surface area (Å²) in [5.41, 5.74) is 2.90. The molecule has 0 saturated carbocycles. The molecule has 0 bridgehead atoms. The molecule has 2 N–H and O–H groups in total. The van der Waals surface area contributed by atoms with Crippen LogP contribution in [0.4, 0.5) is 5.13 Å². The maximum absolute atomic E-state index is 12.8. The molecular formula is C21H27Cl2N5O2S. The molecule has 0 aromatic carbocycles. The van der Waals surface area contributed by atoms with Crippen LogP contribution in [0.25, 0.3) is 5.70 Å². The number of ether oxygens (including phenoxy) is 1. The lowest BCUT2D eigenvalue weighted by Crippen LogP contribution is -2.42. The fraction of sp³-hybridized carbons (Fsp3) is 0.524. The molecular weight excluding hydrogens is 457 g/mol. The van der Waals surface area contributed by atoms with Crippen molar-refractivity contribution in [3.8, 4) is 0 Å². The third-order valence-corrected chi connectivity index (χ3v) is 7.76. The predicted octanol–water partition coefficient (Wildman–Crippen LogP) is 4.10. The van der Waals surface area contributed by atoms with Gasteiger partial charge < -0.3 is 24.8 Å². The van der Waals surface area contributed by atoms with Crippen molar-refractivity contribution in [3.05, 3.63) is 38.6 Å². The molecule has 0 spiro atoms. The number of morpholine rings is 1. The number of carbonyl (C=O) groups excluding carboxylic acids is 1. The second kappa shape index (κ2) is 9.40. The molecule has 168 valence electrons. The van der Waals surface area contributed by atoms with E-state index < -0.39 is 0 Å². The first kappa shape index (κ1) is 22.5. The maximum atomic E-state index is 12.8. The number of thiazole rings is 1. The van der Waals surface area contributed by atoms with Gasteiger partial charge in [0.2, 0.25) is 0 Å². The standard InChI is InChI=1S/C21H27Cl2N5O2S/c1-12-16(22)17(23)18(25-12)13(2)24-15-4-6-28(7-5-15)21-26-19(14(3)31-21)20(29)27-8-10-30-11-9-27/h15,24-25H,2,4-11H2,1,3H3. The Kier molecular flexibility index (Phi) is 6.81. The Morgan fingerprint density at radius 1 is 1.19 bits per heavy atom. The summed E-state index contributed by atoms with van der Waals surface area (Å²) in [6.45, 7) is 12.1.